The normalized spacial score (nSPS) is 27.1. The Kier molecular flexibility index (Phi) is 3.90. The number of amides is 1. The number of hydrogen-bond donors (Lipinski definition) is 1. The van der Waals surface area contributed by atoms with Gasteiger partial charge >= 0.3 is 0 Å². The highest BCUT2D eigenvalue weighted by molar-refractivity contribution is 5.82. The lowest BCUT2D eigenvalue weighted by Crippen LogP contribution is -2.56. The molecule has 1 N–H and O–H groups in total. The largest absolute Gasteiger partial charge is 0.354 e. The van der Waals surface area contributed by atoms with Gasteiger partial charge in [0.25, 0.3) is 0 Å². The molecule has 2 saturated heterocycles. The van der Waals surface area contributed by atoms with Gasteiger partial charge in [-0.25, -0.2) is 0 Å². The smallest absolute Gasteiger partial charge is 0.237 e. The van der Waals surface area contributed by atoms with Crippen molar-refractivity contribution in [2.45, 2.75) is 31.8 Å². The molecule has 4 nitrogen and oxygen atoms in total. The second kappa shape index (κ2) is 5.91. The van der Waals surface area contributed by atoms with Crippen LogP contribution in [0.25, 0.3) is 0 Å². The second-order valence-electron chi connectivity index (χ2n) is 7.95. The molecule has 1 saturated carbocycles. The lowest BCUT2D eigenvalue weighted by Gasteiger charge is -2.48. The number of rotatable bonds is 5. The van der Waals surface area contributed by atoms with E-state index in [1.807, 2.05) is 0 Å². The van der Waals surface area contributed by atoms with Gasteiger partial charge in [-0.1, -0.05) is 30.3 Å². The molecule has 1 unspecified atom stereocenters. The van der Waals surface area contributed by atoms with Crippen molar-refractivity contribution >= 4 is 5.91 Å². The molecule has 2 heterocycles. The number of carbonyl (C=O) groups excluding carboxylic acids is 1. The quantitative estimate of drug-likeness (QED) is 0.899. The van der Waals surface area contributed by atoms with Crippen LogP contribution in [0.4, 0.5) is 0 Å². The summed E-state index contributed by atoms with van der Waals surface area (Å²) in [5.74, 6) is 1.00. The van der Waals surface area contributed by atoms with Crippen molar-refractivity contribution in [2.75, 3.05) is 33.2 Å². The van der Waals surface area contributed by atoms with Crippen LogP contribution in [0.2, 0.25) is 0 Å². The number of nitrogens with zero attached hydrogens (tertiary/aromatic N) is 2. The van der Waals surface area contributed by atoms with Gasteiger partial charge in [-0.2, -0.15) is 0 Å². The maximum Gasteiger partial charge on any atom is 0.237 e. The minimum atomic E-state index is 0.0765. The number of likely N-dealkylation sites (N-methyl/N-ethyl adjacent to an activating group) is 1. The predicted molar refractivity (Wildman–Crippen MR) is 90.9 cm³/mol. The first-order valence-electron chi connectivity index (χ1n) is 8.88. The Morgan fingerprint density at radius 3 is 2.65 bits per heavy atom. The minimum Gasteiger partial charge on any atom is -0.354 e. The van der Waals surface area contributed by atoms with E-state index in [-0.39, 0.29) is 11.9 Å². The van der Waals surface area contributed by atoms with Gasteiger partial charge in [0.05, 0.1) is 6.04 Å². The van der Waals surface area contributed by atoms with E-state index in [1.54, 1.807) is 0 Å². The van der Waals surface area contributed by atoms with Crippen molar-refractivity contribution < 1.29 is 4.79 Å². The zero-order chi connectivity index (χ0) is 15.9. The molecule has 0 aromatic heterocycles. The summed E-state index contributed by atoms with van der Waals surface area (Å²) in [6.45, 7) is 5.22. The predicted octanol–water partition coefficient (Wildman–Crippen LogP) is 1.72. The molecular formula is C19H27N3O. The summed E-state index contributed by atoms with van der Waals surface area (Å²) in [7, 11) is 2.11. The zero-order valence-corrected chi connectivity index (χ0v) is 14.0. The molecule has 1 aliphatic carbocycles. The van der Waals surface area contributed by atoms with E-state index in [1.165, 1.54) is 18.4 Å². The molecule has 1 spiro atoms. The van der Waals surface area contributed by atoms with E-state index in [2.05, 4.69) is 52.5 Å². The van der Waals surface area contributed by atoms with Crippen molar-refractivity contribution in [3.05, 3.63) is 35.9 Å². The Hall–Kier alpha value is -1.39. The fourth-order valence-electron chi connectivity index (χ4n) is 4.33. The molecule has 0 bridgehead atoms. The number of likely N-dealkylation sites (tertiary alicyclic amines) is 2. The Morgan fingerprint density at radius 2 is 1.96 bits per heavy atom. The Labute approximate surface area is 138 Å². The molecule has 4 heteroatoms. The maximum absolute atomic E-state index is 12.4. The molecule has 3 fully saturated rings. The molecule has 1 amide bonds. The van der Waals surface area contributed by atoms with Crippen LogP contribution >= 0.6 is 0 Å². The van der Waals surface area contributed by atoms with Crippen LogP contribution in [0.3, 0.4) is 0 Å². The topological polar surface area (TPSA) is 35.6 Å². The highest BCUT2D eigenvalue weighted by Gasteiger charge is 2.51. The summed E-state index contributed by atoms with van der Waals surface area (Å²) < 4.78 is 0. The van der Waals surface area contributed by atoms with Crippen LogP contribution in [-0.2, 0) is 11.3 Å². The highest BCUT2D eigenvalue weighted by atomic mass is 16.2. The third-order valence-corrected chi connectivity index (χ3v) is 5.67. The highest BCUT2D eigenvalue weighted by Crippen LogP contribution is 2.42. The molecule has 4 rings (SSSR count). The van der Waals surface area contributed by atoms with Gasteiger partial charge < -0.3 is 5.32 Å². The maximum atomic E-state index is 12.4. The van der Waals surface area contributed by atoms with Gasteiger partial charge in [-0.05, 0) is 37.8 Å². The zero-order valence-electron chi connectivity index (χ0n) is 14.0. The molecule has 1 aromatic carbocycles. The van der Waals surface area contributed by atoms with Crippen LogP contribution in [-0.4, -0.2) is 55.0 Å². The van der Waals surface area contributed by atoms with Crippen molar-refractivity contribution in [3.8, 4) is 0 Å². The summed E-state index contributed by atoms with van der Waals surface area (Å²) >= 11 is 0. The van der Waals surface area contributed by atoms with Gasteiger partial charge in [0.15, 0.2) is 0 Å². The van der Waals surface area contributed by atoms with Gasteiger partial charge in [-0.3, -0.25) is 14.6 Å². The molecular weight excluding hydrogens is 286 g/mol. The van der Waals surface area contributed by atoms with Crippen LogP contribution < -0.4 is 5.32 Å². The summed E-state index contributed by atoms with van der Waals surface area (Å²) in [6, 6.07) is 10.7. The van der Waals surface area contributed by atoms with E-state index in [0.29, 0.717) is 5.41 Å². The third kappa shape index (κ3) is 3.29. The fourth-order valence-corrected chi connectivity index (χ4v) is 4.33. The lowest BCUT2D eigenvalue weighted by molar-refractivity contribution is -0.125. The first-order chi connectivity index (χ1) is 11.1. The summed E-state index contributed by atoms with van der Waals surface area (Å²) in [4.78, 5) is 17.2. The van der Waals surface area contributed by atoms with Crippen molar-refractivity contribution in [1.29, 1.82) is 0 Å². The number of nitrogens with one attached hydrogen (secondary N) is 1. The van der Waals surface area contributed by atoms with Crippen molar-refractivity contribution in [2.24, 2.45) is 11.3 Å². The second-order valence-corrected chi connectivity index (χ2v) is 7.95. The molecule has 124 valence electrons. The molecule has 2 aliphatic heterocycles. The lowest BCUT2D eigenvalue weighted by atomic mass is 9.77. The molecule has 1 atom stereocenters. The van der Waals surface area contributed by atoms with Crippen molar-refractivity contribution in [1.82, 2.24) is 15.1 Å². The number of benzene rings is 1. The standard InChI is InChI=1S/C19H27N3O/c1-21-12-19(9-17(21)18(23)20-10-15-7-8-15)13-22(14-19)11-16-5-3-2-4-6-16/h2-6,15,17H,7-14H2,1H3,(H,20,23). The molecule has 1 aromatic rings. The van der Waals surface area contributed by atoms with E-state index >= 15 is 0 Å². The van der Waals surface area contributed by atoms with Gasteiger partial charge in [-0.15, -0.1) is 0 Å². The van der Waals surface area contributed by atoms with Crippen LogP contribution in [0.15, 0.2) is 30.3 Å². The van der Waals surface area contributed by atoms with Gasteiger partial charge in [0, 0.05) is 38.1 Å². The molecule has 0 radical (unpaired) electrons. The number of hydrogen-bond acceptors (Lipinski definition) is 3. The Bertz CT molecular complexity index is 563. The van der Waals surface area contributed by atoms with E-state index in [9.17, 15) is 4.79 Å². The summed E-state index contributed by atoms with van der Waals surface area (Å²) in [6.07, 6.45) is 3.60. The van der Waals surface area contributed by atoms with E-state index in [0.717, 1.165) is 45.1 Å². The molecule has 23 heavy (non-hydrogen) atoms. The Balaban J connectivity index is 1.28. The van der Waals surface area contributed by atoms with Crippen LogP contribution in [0.5, 0.6) is 0 Å². The summed E-state index contributed by atoms with van der Waals surface area (Å²) in [5.41, 5.74) is 1.72. The average molecular weight is 313 g/mol. The minimum absolute atomic E-state index is 0.0765. The van der Waals surface area contributed by atoms with Gasteiger partial charge in [0.2, 0.25) is 5.91 Å². The van der Waals surface area contributed by atoms with Crippen LogP contribution in [0, 0.1) is 11.3 Å². The monoisotopic (exact) mass is 313 g/mol. The third-order valence-electron chi connectivity index (χ3n) is 5.67. The SMILES string of the molecule is CN1CC2(CC1C(=O)NCC1CC1)CN(Cc1ccccc1)C2. The van der Waals surface area contributed by atoms with E-state index in [4.69, 9.17) is 0 Å². The van der Waals surface area contributed by atoms with Crippen LogP contribution in [0.1, 0.15) is 24.8 Å². The van der Waals surface area contributed by atoms with Crippen molar-refractivity contribution in [3.63, 3.8) is 0 Å². The Morgan fingerprint density at radius 1 is 1.22 bits per heavy atom. The molecule has 3 aliphatic rings. The first kappa shape index (κ1) is 15.2. The first-order valence-corrected chi connectivity index (χ1v) is 8.88. The summed E-state index contributed by atoms with van der Waals surface area (Å²) in [5, 5.41) is 3.16. The van der Waals surface area contributed by atoms with Gasteiger partial charge in [0.1, 0.15) is 0 Å². The fraction of sp³-hybridized carbons (Fsp3) is 0.632. The average Bonchev–Trinajstić information content (AvgIpc) is 3.27. The number of carbonyl (C=O) groups is 1. The van der Waals surface area contributed by atoms with E-state index < -0.39 is 0 Å².